The van der Waals surface area contributed by atoms with Gasteiger partial charge in [-0.05, 0) is 49.7 Å². The fourth-order valence-corrected chi connectivity index (χ4v) is 4.40. The van der Waals surface area contributed by atoms with Crippen molar-refractivity contribution in [3.8, 4) is 5.69 Å². The van der Waals surface area contributed by atoms with E-state index >= 15 is 0 Å². The highest BCUT2D eigenvalue weighted by Crippen LogP contribution is 2.26. The van der Waals surface area contributed by atoms with Crippen LogP contribution in [0.5, 0.6) is 0 Å². The molecule has 0 aliphatic carbocycles. The average molecular weight is 561 g/mol. The van der Waals surface area contributed by atoms with E-state index in [9.17, 15) is 14.4 Å². The molecule has 2 N–H and O–H groups in total. The number of aryl methyl sites for hydroxylation is 1. The second-order valence-corrected chi connectivity index (χ2v) is 9.48. The van der Waals surface area contributed by atoms with Crippen molar-refractivity contribution in [2.24, 2.45) is 0 Å². The largest absolute Gasteiger partial charge is 0.467 e. The van der Waals surface area contributed by atoms with Crippen molar-refractivity contribution >= 4 is 35.4 Å². The molecule has 0 fully saturated rings. The molecule has 0 bridgehead atoms. The number of benzene rings is 3. The van der Waals surface area contributed by atoms with Crippen LogP contribution in [0.4, 0.5) is 10.6 Å². The van der Waals surface area contributed by atoms with Crippen LogP contribution in [-0.4, -0.2) is 40.9 Å². The number of rotatable bonds is 9. The standard InChI is InChI=1S/C30H29ClN4O5/c1-19-18-32-35(27(19)34-30(38)40-20(2)24-11-7-8-12-25(24)31)23-15-13-22(14-16-23)28(36)33-26(29(37)39-3)17-21-9-5-4-6-10-21/h4-16,18,20,26H,17H2,1-3H3,(H,33,36)(H,34,38). The fourth-order valence-electron chi connectivity index (χ4n) is 4.11. The Morgan fingerprint density at radius 2 is 1.65 bits per heavy atom. The third-order valence-electron chi connectivity index (χ3n) is 6.25. The Kier molecular flexibility index (Phi) is 9.19. The number of carbonyl (C=O) groups is 3. The fraction of sp³-hybridized carbons (Fsp3) is 0.200. The van der Waals surface area contributed by atoms with Crippen molar-refractivity contribution in [3.05, 3.63) is 112 Å². The summed E-state index contributed by atoms with van der Waals surface area (Å²) in [6, 6.07) is 22.3. The van der Waals surface area contributed by atoms with Crippen molar-refractivity contribution in [2.45, 2.75) is 32.4 Å². The number of methoxy groups -OCH3 is 1. The Bertz CT molecular complexity index is 1490. The van der Waals surface area contributed by atoms with Crippen LogP contribution in [0.1, 0.15) is 40.1 Å². The van der Waals surface area contributed by atoms with Gasteiger partial charge in [0.25, 0.3) is 5.91 Å². The van der Waals surface area contributed by atoms with Crippen molar-refractivity contribution in [3.63, 3.8) is 0 Å². The van der Waals surface area contributed by atoms with Gasteiger partial charge in [-0.15, -0.1) is 0 Å². The Labute approximate surface area is 237 Å². The second-order valence-electron chi connectivity index (χ2n) is 9.07. The normalized spacial score (nSPS) is 12.2. The molecular weight excluding hydrogens is 532 g/mol. The van der Waals surface area contributed by atoms with Crippen LogP contribution in [0.25, 0.3) is 5.69 Å². The second kappa shape index (κ2) is 12.9. The van der Waals surface area contributed by atoms with Gasteiger partial charge in [-0.1, -0.05) is 60.1 Å². The first-order valence-corrected chi connectivity index (χ1v) is 12.9. The van der Waals surface area contributed by atoms with Gasteiger partial charge in [-0.25, -0.2) is 14.3 Å². The topological polar surface area (TPSA) is 112 Å². The van der Waals surface area contributed by atoms with Gasteiger partial charge >= 0.3 is 12.1 Å². The van der Waals surface area contributed by atoms with Gasteiger partial charge in [0.2, 0.25) is 0 Å². The van der Waals surface area contributed by atoms with E-state index in [0.29, 0.717) is 39.6 Å². The highest BCUT2D eigenvalue weighted by molar-refractivity contribution is 6.31. The third-order valence-corrected chi connectivity index (χ3v) is 6.59. The first-order chi connectivity index (χ1) is 19.3. The summed E-state index contributed by atoms with van der Waals surface area (Å²) in [5, 5.41) is 10.4. The molecule has 0 aliphatic heterocycles. The maximum Gasteiger partial charge on any atom is 0.413 e. The van der Waals surface area contributed by atoms with Gasteiger partial charge < -0.3 is 14.8 Å². The quantitative estimate of drug-likeness (QED) is 0.256. The van der Waals surface area contributed by atoms with E-state index in [2.05, 4.69) is 15.7 Å². The zero-order chi connectivity index (χ0) is 28.6. The molecule has 0 saturated heterocycles. The number of amides is 2. The van der Waals surface area contributed by atoms with E-state index in [0.717, 1.165) is 5.56 Å². The minimum atomic E-state index is -0.844. The molecule has 40 heavy (non-hydrogen) atoms. The zero-order valence-corrected chi connectivity index (χ0v) is 23.0. The lowest BCUT2D eigenvalue weighted by Crippen LogP contribution is -2.43. The number of hydrogen-bond acceptors (Lipinski definition) is 6. The molecule has 3 aromatic carbocycles. The zero-order valence-electron chi connectivity index (χ0n) is 22.3. The summed E-state index contributed by atoms with van der Waals surface area (Å²) in [4.78, 5) is 38.0. The average Bonchev–Trinajstić information content (AvgIpc) is 3.32. The van der Waals surface area contributed by atoms with Gasteiger partial charge in [-0.3, -0.25) is 10.1 Å². The first kappa shape index (κ1) is 28.4. The third kappa shape index (κ3) is 6.86. The molecule has 0 spiro atoms. The summed E-state index contributed by atoms with van der Waals surface area (Å²) in [5.41, 5.74) is 3.25. The van der Waals surface area contributed by atoms with Crippen LogP contribution in [0.15, 0.2) is 85.1 Å². The van der Waals surface area contributed by atoms with Gasteiger partial charge in [0.1, 0.15) is 18.0 Å². The monoisotopic (exact) mass is 560 g/mol. The molecule has 4 aromatic rings. The van der Waals surface area contributed by atoms with E-state index in [1.807, 2.05) is 36.4 Å². The Morgan fingerprint density at radius 1 is 0.975 bits per heavy atom. The molecule has 0 saturated carbocycles. The van der Waals surface area contributed by atoms with E-state index < -0.39 is 30.1 Å². The van der Waals surface area contributed by atoms with Gasteiger partial charge in [0.05, 0.1) is 19.0 Å². The highest BCUT2D eigenvalue weighted by Gasteiger charge is 2.23. The number of aromatic nitrogens is 2. The van der Waals surface area contributed by atoms with Crippen molar-refractivity contribution in [1.29, 1.82) is 0 Å². The highest BCUT2D eigenvalue weighted by atomic mass is 35.5. The minimum absolute atomic E-state index is 0.296. The van der Waals surface area contributed by atoms with Crippen molar-refractivity contribution in [1.82, 2.24) is 15.1 Å². The number of halogens is 1. The summed E-state index contributed by atoms with van der Waals surface area (Å²) < 4.78 is 11.9. The molecule has 9 nitrogen and oxygen atoms in total. The lowest BCUT2D eigenvalue weighted by Gasteiger charge is -2.17. The van der Waals surface area contributed by atoms with Crippen LogP contribution < -0.4 is 10.6 Å². The molecule has 0 radical (unpaired) electrons. The molecule has 4 rings (SSSR count). The minimum Gasteiger partial charge on any atom is -0.467 e. The molecular formula is C30H29ClN4O5. The van der Waals surface area contributed by atoms with Crippen molar-refractivity contribution in [2.75, 3.05) is 12.4 Å². The molecule has 1 aromatic heterocycles. The molecule has 1 heterocycles. The van der Waals surface area contributed by atoms with E-state index in [1.54, 1.807) is 62.5 Å². The summed E-state index contributed by atoms with van der Waals surface area (Å²) >= 11 is 6.22. The van der Waals surface area contributed by atoms with Gasteiger partial charge in [-0.2, -0.15) is 5.10 Å². The number of esters is 1. The maximum absolute atomic E-state index is 12.9. The number of anilines is 1. The number of carbonyl (C=O) groups excluding carboxylic acids is 3. The summed E-state index contributed by atoms with van der Waals surface area (Å²) in [6.45, 7) is 3.54. The number of nitrogens with one attached hydrogen (secondary N) is 2. The SMILES string of the molecule is COC(=O)C(Cc1ccccc1)NC(=O)c1ccc(-n2ncc(C)c2NC(=O)OC(C)c2ccccc2Cl)cc1. The molecule has 10 heteroatoms. The molecule has 2 unspecified atom stereocenters. The van der Waals surface area contributed by atoms with Crippen LogP contribution in [0.2, 0.25) is 5.02 Å². The van der Waals surface area contributed by atoms with Crippen LogP contribution >= 0.6 is 11.6 Å². The van der Waals surface area contributed by atoms with Crippen LogP contribution in [0, 0.1) is 6.92 Å². The lowest BCUT2D eigenvalue weighted by molar-refractivity contribution is -0.142. The molecule has 2 atom stereocenters. The van der Waals surface area contributed by atoms with Crippen molar-refractivity contribution < 1.29 is 23.9 Å². The summed E-state index contributed by atoms with van der Waals surface area (Å²) in [6.07, 6.45) is 0.668. The number of ether oxygens (including phenoxy) is 2. The Hall–Kier alpha value is -4.63. The molecule has 0 aliphatic rings. The first-order valence-electron chi connectivity index (χ1n) is 12.6. The van der Waals surface area contributed by atoms with Gasteiger partial charge in [0, 0.05) is 28.1 Å². The predicted octanol–water partition coefficient (Wildman–Crippen LogP) is 5.66. The Balaban J connectivity index is 1.45. The van der Waals surface area contributed by atoms with E-state index in [-0.39, 0.29) is 0 Å². The van der Waals surface area contributed by atoms with E-state index in [4.69, 9.17) is 21.1 Å². The van der Waals surface area contributed by atoms with Crippen LogP contribution in [-0.2, 0) is 20.7 Å². The predicted molar refractivity (Wildman–Crippen MR) is 152 cm³/mol. The van der Waals surface area contributed by atoms with E-state index in [1.165, 1.54) is 11.8 Å². The number of nitrogens with zero attached hydrogens (tertiary/aromatic N) is 2. The van der Waals surface area contributed by atoms with Gasteiger partial charge in [0.15, 0.2) is 0 Å². The smallest absolute Gasteiger partial charge is 0.413 e. The molecule has 206 valence electrons. The Morgan fingerprint density at radius 3 is 2.33 bits per heavy atom. The maximum atomic E-state index is 12.9. The lowest BCUT2D eigenvalue weighted by atomic mass is 10.1. The number of hydrogen-bond donors (Lipinski definition) is 2. The summed E-state index contributed by atoms with van der Waals surface area (Å²) in [5.74, 6) is -0.542. The molecule has 2 amide bonds. The summed E-state index contributed by atoms with van der Waals surface area (Å²) in [7, 11) is 1.28. The van der Waals surface area contributed by atoms with Crippen LogP contribution in [0.3, 0.4) is 0 Å².